The Bertz CT molecular complexity index is 729. The highest BCUT2D eigenvalue weighted by molar-refractivity contribution is 6.32. The van der Waals surface area contributed by atoms with Gasteiger partial charge in [0, 0.05) is 27.7 Å². The van der Waals surface area contributed by atoms with E-state index < -0.39 is 0 Å². The van der Waals surface area contributed by atoms with E-state index in [1.54, 1.807) is 0 Å². The zero-order valence-corrected chi connectivity index (χ0v) is 12.8. The third-order valence-corrected chi connectivity index (χ3v) is 3.49. The maximum Gasteiger partial charge on any atom is 0.181 e. The lowest BCUT2D eigenvalue weighted by atomic mass is 10.1. The quantitative estimate of drug-likeness (QED) is 0.621. The van der Waals surface area contributed by atoms with Crippen LogP contribution < -0.4 is 10.6 Å². The van der Waals surface area contributed by atoms with E-state index in [1.807, 2.05) is 56.4 Å². The normalized spacial score (nSPS) is 9.81. The summed E-state index contributed by atoms with van der Waals surface area (Å²) < 4.78 is 0. The van der Waals surface area contributed by atoms with Gasteiger partial charge >= 0.3 is 0 Å². The summed E-state index contributed by atoms with van der Waals surface area (Å²) in [6.07, 6.45) is 1.91. The smallest absolute Gasteiger partial charge is 0.181 e. The molecule has 0 fully saturated rings. The molecule has 21 heavy (non-hydrogen) atoms. The predicted octanol–water partition coefficient (Wildman–Crippen LogP) is 4.93. The van der Waals surface area contributed by atoms with Gasteiger partial charge in [-0.3, -0.25) is 5.32 Å². The predicted molar refractivity (Wildman–Crippen MR) is 89.3 cm³/mol. The fraction of sp³-hybridized carbons (Fsp3) is 0.118. The molecule has 0 bridgehead atoms. The van der Waals surface area contributed by atoms with Gasteiger partial charge in [0.25, 0.3) is 0 Å². The van der Waals surface area contributed by atoms with Gasteiger partial charge in [-0.25, -0.2) is 0 Å². The van der Waals surface area contributed by atoms with Crippen LogP contribution in [0.1, 0.15) is 16.7 Å². The van der Waals surface area contributed by atoms with Crippen LogP contribution in [0.25, 0.3) is 5.70 Å². The number of nitrogens with one attached hydrogen (secondary N) is 2. The summed E-state index contributed by atoms with van der Waals surface area (Å²) in [5, 5.41) is 15.2. The molecule has 0 spiro atoms. The van der Waals surface area contributed by atoms with Crippen molar-refractivity contribution in [2.24, 2.45) is 0 Å². The third-order valence-electron chi connectivity index (χ3n) is 3.16. The summed E-state index contributed by atoms with van der Waals surface area (Å²) >= 11 is 6.22. The van der Waals surface area contributed by atoms with Crippen molar-refractivity contribution in [1.29, 1.82) is 5.26 Å². The highest BCUT2D eigenvalue weighted by Crippen LogP contribution is 2.27. The summed E-state index contributed by atoms with van der Waals surface area (Å²) in [4.78, 5) is 0. The average molecular weight is 298 g/mol. The molecule has 0 saturated carbocycles. The molecule has 0 aromatic heterocycles. The Hall–Kier alpha value is -2.44. The SMILES string of the molecule is C=C(Nc1ccc(NC#N)cc1C)c1cc(C)ccc1Cl. The lowest BCUT2D eigenvalue weighted by Gasteiger charge is -2.14. The van der Waals surface area contributed by atoms with Gasteiger partial charge in [-0.15, -0.1) is 0 Å². The highest BCUT2D eigenvalue weighted by Gasteiger charge is 2.07. The Kier molecular flexibility index (Phi) is 4.52. The Labute approximate surface area is 129 Å². The van der Waals surface area contributed by atoms with Gasteiger partial charge in [-0.1, -0.05) is 29.8 Å². The van der Waals surface area contributed by atoms with Gasteiger partial charge < -0.3 is 5.32 Å². The molecule has 2 rings (SSSR count). The van der Waals surface area contributed by atoms with Crippen molar-refractivity contribution in [1.82, 2.24) is 0 Å². The van der Waals surface area contributed by atoms with E-state index in [0.717, 1.165) is 33.8 Å². The van der Waals surface area contributed by atoms with Crippen LogP contribution >= 0.6 is 11.6 Å². The van der Waals surface area contributed by atoms with Crippen molar-refractivity contribution in [3.8, 4) is 6.19 Å². The van der Waals surface area contributed by atoms with Crippen LogP contribution in [0, 0.1) is 25.3 Å². The third kappa shape index (κ3) is 3.56. The zero-order valence-electron chi connectivity index (χ0n) is 12.0. The van der Waals surface area contributed by atoms with Crippen molar-refractivity contribution in [2.75, 3.05) is 10.6 Å². The molecule has 106 valence electrons. The largest absolute Gasteiger partial charge is 0.355 e. The molecule has 0 aliphatic heterocycles. The molecule has 2 aromatic rings. The molecule has 0 amide bonds. The molecule has 2 aromatic carbocycles. The van der Waals surface area contributed by atoms with Gasteiger partial charge in [0.1, 0.15) is 0 Å². The molecule has 0 radical (unpaired) electrons. The van der Waals surface area contributed by atoms with E-state index in [1.165, 1.54) is 0 Å². The molecule has 0 aliphatic rings. The minimum atomic E-state index is 0.665. The first kappa shape index (κ1) is 15.0. The molecular formula is C17H16ClN3. The summed E-state index contributed by atoms with van der Waals surface area (Å²) in [5.74, 6) is 0. The lowest BCUT2D eigenvalue weighted by Crippen LogP contribution is -2.01. The number of aryl methyl sites for hydroxylation is 2. The zero-order chi connectivity index (χ0) is 15.4. The summed E-state index contributed by atoms with van der Waals surface area (Å²) in [5.41, 5.74) is 5.46. The Morgan fingerprint density at radius 1 is 1.19 bits per heavy atom. The first-order valence-electron chi connectivity index (χ1n) is 6.49. The average Bonchev–Trinajstić information content (AvgIpc) is 2.44. The Balaban J connectivity index is 2.24. The number of halogens is 1. The molecular weight excluding hydrogens is 282 g/mol. The van der Waals surface area contributed by atoms with Crippen LogP contribution in [0.15, 0.2) is 43.0 Å². The maximum absolute atomic E-state index is 8.62. The standard InChI is InChI=1S/C17H16ClN3/c1-11-4-6-16(18)15(8-11)13(3)21-17-7-5-14(20-10-19)9-12(17)2/h4-9,20-21H,3H2,1-2H3. The minimum absolute atomic E-state index is 0.665. The molecule has 2 N–H and O–H groups in total. The van der Waals surface area contributed by atoms with Gasteiger partial charge in [-0.2, -0.15) is 5.26 Å². The van der Waals surface area contributed by atoms with E-state index in [9.17, 15) is 0 Å². The van der Waals surface area contributed by atoms with Crippen LogP contribution in [-0.4, -0.2) is 0 Å². The van der Waals surface area contributed by atoms with E-state index in [4.69, 9.17) is 16.9 Å². The number of hydrogen-bond donors (Lipinski definition) is 2. The second-order valence-electron chi connectivity index (χ2n) is 4.85. The van der Waals surface area contributed by atoms with E-state index in [-0.39, 0.29) is 0 Å². The number of nitriles is 1. The second kappa shape index (κ2) is 6.34. The summed E-state index contributed by atoms with van der Waals surface area (Å²) in [6.45, 7) is 8.04. The first-order valence-corrected chi connectivity index (χ1v) is 6.87. The Morgan fingerprint density at radius 3 is 2.62 bits per heavy atom. The van der Waals surface area contributed by atoms with E-state index in [2.05, 4.69) is 17.2 Å². The van der Waals surface area contributed by atoms with E-state index in [0.29, 0.717) is 5.02 Å². The fourth-order valence-corrected chi connectivity index (χ4v) is 2.28. The fourth-order valence-electron chi connectivity index (χ4n) is 2.05. The minimum Gasteiger partial charge on any atom is -0.355 e. The van der Waals surface area contributed by atoms with Crippen LogP contribution in [-0.2, 0) is 0 Å². The maximum atomic E-state index is 8.62. The Morgan fingerprint density at radius 2 is 1.95 bits per heavy atom. The lowest BCUT2D eigenvalue weighted by molar-refractivity contribution is 1.40. The molecule has 4 heteroatoms. The first-order chi connectivity index (χ1) is 10.0. The summed E-state index contributed by atoms with van der Waals surface area (Å²) in [7, 11) is 0. The van der Waals surface area contributed by atoms with Crippen LogP contribution in [0.2, 0.25) is 5.02 Å². The molecule has 0 heterocycles. The number of anilines is 2. The van der Waals surface area contributed by atoms with Crippen molar-refractivity contribution in [3.05, 3.63) is 64.7 Å². The molecule has 0 aliphatic carbocycles. The van der Waals surface area contributed by atoms with Crippen molar-refractivity contribution in [2.45, 2.75) is 13.8 Å². The number of rotatable bonds is 4. The highest BCUT2D eigenvalue weighted by atomic mass is 35.5. The molecule has 0 saturated heterocycles. The van der Waals surface area contributed by atoms with E-state index >= 15 is 0 Å². The van der Waals surface area contributed by atoms with Crippen molar-refractivity contribution >= 4 is 28.7 Å². The molecule has 0 atom stereocenters. The number of benzene rings is 2. The van der Waals surface area contributed by atoms with Gasteiger partial charge in [0.2, 0.25) is 0 Å². The van der Waals surface area contributed by atoms with Gasteiger partial charge in [0.15, 0.2) is 6.19 Å². The summed E-state index contributed by atoms with van der Waals surface area (Å²) in [6, 6.07) is 11.5. The van der Waals surface area contributed by atoms with Gasteiger partial charge in [-0.05, 0) is 49.7 Å². The molecule has 3 nitrogen and oxygen atoms in total. The van der Waals surface area contributed by atoms with Crippen LogP contribution in [0.5, 0.6) is 0 Å². The number of hydrogen-bond acceptors (Lipinski definition) is 3. The van der Waals surface area contributed by atoms with Gasteiger partial charge in [0.05, 0.1) is 0 Å². The van der Waals surface area contributed by atoms with Crippen LogP contribution in [0.4, 0.5) is 11.4 Å². The van der Waals surface area contributed by atoms with Crippen molar-refractivity contribution in [3.63, 3.8) is 0 Å². The monoisotopic (exact) mass is 297 g/mol. The second-order valence-corrected chi connectivity index (χ2v) is 5.26. The number of nitrogens with zero attached hydrogens (tertiary/aromatic N) is 1. The molecule has 0 unspecified atom stereocenters. The topological polar surface area (TPSA) is 47.8 Å². The van der Waals surface area contributed by atoms with Crippen molar-refractivity contribution < 1.29 is 0 Å². The van der Waals surface area contributed by atoms with Crippen LogP contribution in [0.3, 0.4) is 0 Å².